The summed E-state index contributed by atoms with van der Waals surface area (Å²) in [5, 5.41) is 13.0. The third kappa shape index (κ3) is 4.72. The molecule has 3 aromatic rings. The molecular formula is C17H16Cl2N6O. The number of rotatable bonds is 7. The Labute approximate surface area is 160 Å². The van der Waals surface area contributed by atoms with Crippen LogP contribution in [0, 0.1) is 0 Å². The number of halogens is 2. The number of benzene rings is 1. The molecule has 0 saturated carbocycles. The van der Waals surface area contributed by atoms with Crippen molar-refractivity contribution in [2.24, 2.45) is 0 Å². The quantitative estimate of drug-likeness (QED) is 0.457. The summed E-state index contributed by atoms with van der Waals surface area (Å²) in [5.41, 5.74) is 8.17. The summed E-state index contributed by atoms with van der Waals surface area (Å²) in [4.78, 5) is 12.9. The van der Waals surface area contributed by atoms with Gasteiger partial charge in [0.25, 0.3) is 0 Å². The minimum Gasteiger partial charge on any atom is -0.395 e. The van der Waals surface area contributed by atoms with E-state index >= 15 is 0 Å². The minimum absolute atomic E-state index is 0.0259. The Morgan fingerprint density at radius 1 is 1.04 bits per heavy atom. The second-order valence-electron chi connectivity index (χ2n) is 5.23. The number of hydrogen-bond acceptors (Lipinski definition) is 7. The lowest BCUT2D eigenvalue weighted by atomic mass is 10.2. The van der Waals surface area contributed by atoms with Crippen LogP contribution in [-0.4, -0.2) is 33.2 Å². The third-order valence-corrected chi connectivity index (χ3v) is 3.88. The Kier molecular flexibility index (Phi) is 6.06. The molecule has 7 nitrogen and oxygen atoms in total. The second kappa shape index (κ2) is 8.66. The smallest absolute Gasteiger partial charge is 0.225 e. The van der Waals surface area contributed by atoms with Crippen molar-refractivity contribution >= 4 is 40.7 Å². The van der Waals surface area contributed by atoms with E-state index in [0.717, 1.165) is 5.56 Å². The highest BCUT2D eigenvalue weighted by atomic mass is 35.5. The maximum atomic E-state index is 9.01. The molecule has 1 aromatic carbocycles. The molecule has 0 saturated heterocycles. The molecule has 0 aliphatic carbocycles. The van der Waals surface area contributed by atoms with Gasteiger partial charge in [-0.1, -0.05) is 23.2 Å². The van der Waals surface area contributed by atoms with Gasteiger partial charge in [-0.25, -0.2) is 4.98 Å². The largest absolute Gasteiger partial charge is 0.395 e. The van der Waals surface area contributed by atoms with Gasteiger partial charge in [0.05, 0.1) is 23.0 Å². The number of anilines is 3. The number of aliphatic hydroxyl groups excluding tert-OH is 1. The van der Waals surface area contributed by atoms with Crippen LogP contribution in [0.25, 0.3) is 11.3 Å². The highest BCUT2D eigenvalue weighted by molar-refractivity contribution is 6.36. The molecule has 134 valence electrons. The molecule has 0 amide bonds. The van der Waals surface area contributed by atoms with E-state index in [1.807, 2.05) is 12.1 Å². The molecule has 0 fully saturated rings. The maximum Gasteiger partial charge on any atom is 0.225 e. The number of hydrogen-bond donors (Lipinski definition) is 4. The Morgan fingerprint density at radius 2 is 1.92 bits per heavy atom. The van der Waals surface area contributed by atoms with Crippen molar-refractivity contribution in [2.45, 2.75) is 0 Å². The van der Waals surface area contributed by atoms with E-state index in [-0.39, 0.29) is 6.61 Å². The highest BCUT2D eigenvalue weighted by Gasteiger charge is 2.08. The number of nitrogens with one attached hydrogen (secondary N) is 3. The van der Waals surface area contributed by atoms with Gasteiger partial charge < -0.3 is 10.4 Å². The van der Waals surface area contributed by atoms with Gasteiger partial charge in [0.2, 0.25) is 5.95 Å². The van der Waals surface area contributed by atoms with Crippen LogP contribution in [0.1, 0.15) is 0 Å². The van der Waals surface area contributed by atoms with E-state index in [4.69, 9.17) is 28.3 Å². The number of pyridine rings is 1. The SMILES string of the molecule is OCCNc1nc(NNc2ccc(Cl)cc2Cl)cc(-c2cccnc2)n1. The molecule has 0 radical (unpaired) electrons. The van der Waals surface area contributed by atoms with Gasteiger partial charge >= 0.3 is 0 Å². The van der Waals surface area contributed by atoms with Crippen LogP contribution in [0.15, 0.2) is 48.8 Å². The van der Waals surface area contributed by atoms with Gasteiger partial charge in [-0.15, -0.1) is 0 Å². The number of hydrazine groups is 1. The molecule has 0 aliphatic rings. The topological polar surface area (TPSA) is 95.0 Å². The van der Waals surface area contributed by atoms with E-state index in [9.17, 15) is 0 Å². The van der Waals surface area contributed by atoms with E-state index in [0.29, 0.717) is 39.7 Å². The van der Waals surface area contributed by atoms with Crippen LogP contribution in [0.3, 0.4) is 0 Å². The predicted octanol–water partition coefficient (Wildman–Crippen LogP) is 3.69. The van der Waals surface area contributed by atoms with E-state index in [1.165, 1.54) is 0 Å². The van der Waals surface area contributed by atoms with E-state index < -0.39 is 0 Å². The fourth-order valence-electron chi connectivity index (χ4n) is 2.14. The van der Waals surface area contributed by atoms with E-state index in [1.54, 1.807) is 36.7 Å². The summed E-state index contributed by atoms with van der Waals surface area (Å²) in [6.07, 6.45) is 3.41. The molecule has 2 heterocycles. The molecule has 3 rings (SSSR count). The van der Waals surface area contributed by atoms with Crippen LogP contribution in [0.5, 0.6) is 0 Å². The summed E-state index contributed by atoms with van der Waals surface area (Å²) in [7, 11) is 0. The van der Waals surface area contributed by atoms with Crippen LogP contribution in [-0.2, 0) is 0 Å². The van der Waals surface area contributed by atoms with Crippen molar-refractivity contribution in [1.82, 2.24) is 15.0 Å². The maximum absolute atomic E-state index is 9.01. The lowest BCUT2D eigenvalue weighted by molar-refractivity contribution is 0.311. The summed E-state index contributed by atoms with van der Waals surface area (Å²) >= 11 is 12.1. The number of aliphatic hydroxyl groups is 1. The van der Waals surface area contributed by atoms with Gasteiger partial charge in [-0.05, 0) is 30.3 Å². The zero-order valence-electron chi connectivity index (χ0n) is 13.6. The molecule has 9 heteroatoms. The van der Waals surface area contributed by atoms with Crippen LogP contribution in [0.2, 0.25) is 10.0 Å². The number of nitrogens with zero attached hydrogens (tertiary/aromatic N) is 3. The minimum atomic E-state index is -0.0259. The number of aromatic nitrogens is 3. The van der Waals surface area contributed by atoms with Crippen molar-refractivity contribution in [3.63, 3.8) is 0 Å². The molecule has 26 heavy (non-hydrogen) atoms. The molecule has 0 atom stereocenters. The average Bonchev–Trinajstić information content (AvgIpc) is 2.66. The molecule has 0 aliphatic heterocycles. The zero-order chi connectivity index (χ0) is 18.4. The van der Waals surface area contributed by atoms with Crippen molar-refractivity contribution in [1.29, 1.82) is 0 Å². The van der Waals surface area contributed by atoms with E-state index in [2.05, 4.69) is 31.1 Å². The predicted molar refractivity (Wildman–Crippen MR) is 105 cm³/mol. The van der Waals surface area contributed by atoms with Crippen LogP contribution in [0.4, 0.5) is 17.5 Å². The Bertz CT molecular complexity index is 878. The first-order chi connectivity index (χ1) is 12.7. The molecule has 0 bridgehead atoms. The molecule has 4 N–H and O–H groups in total. The first-order valence-electron chi connectivity index (χ1n) is 7.77. The molecule has 2 aromatic heterocycles. The van der Waals surface area contributed by atoms with Crippen molar-refractivity contribution < 1.29 is 5.11 Å². The first kappa shape index (κ1) is 18.2. The van der Waals surface area contributed by atoms with Crippen LogP contribution < -0.4 is 16.2 Å². The van der Waals surface area contributed by atoms with Gasteiger partial charge in [-0.3, -0.25) is 15.8 Å². The fourth-order valence-corrected chi connectivity index (χ4v) is 2.60. The second-order valence-corrected chi connectivity index (χ2v) is 6.07. The standard InChI is InChI=1S/C17H16Cl2N6O/c18-12-3-4-14(13(19)8-12)24-25-16-9-15(11-2-1-5-20-10-11)22-17(23-16)21-6-7-26/h1-5,8-10,24,26H,6-7H2,(H2,21,22,23,25). The third-order valence-electron chi connectivity index (χ3n) is 3.33. The lowest BCUT2D eigenvalue weighted by Crippen LogP contribution is -2.14. The Balaban J connectivity index is 1.85. The van der Waals surface area contributed by atoms with Crippen molar-refractivity contribution in [3.8, 4) is 11.3 Å². The summed E-state index contributed by atoms with van der Waals surface area (Å²) in [6, 6.07) is 10.6. The molecule has 0 spiro atoms. The average molecular weight is 391 g/mol. The summed E-state index contributed by atoms with van der Waals surface area (Å²) in [6.45, 7) is 0.314. The molecule has 0 unspecified atom stereocenters. The highest BCUT2D eigenvalue weighted by Crippen LogP contribution is 2.26. The summed E-state index contributed by atoms with van der Waals surface area (Å²) < 4.78 is 0. The van der Waals surface area contributed by atoms with Crippen molar-refractivity contribution in [2.75, 3.05) is 29.3 Å². The van der Waals surface area contributed by atoms with Gasteiger partial charge in [0.15, 0.2) is 5.82 Å². The fraction of sp³-hybridized carbons (Fsp3) is 0.118. The zero-order valence-corrected chi connectivity index (χ0v) is 15.1. The Hall–Kier alpha value is -2.61. The first-order valence-corrected chi connectivity index (χ1v) is 8.52. The molecular weight excluding hydrogens is 375 g/mol. The van der Waals surface area contributed by atoms with Gasteiger partial charge in [-0.2, -0.15) is 4.98 Å². The van der Waals surface area contributed by atoms with Gasteiger partial charge in [0.1, 0.15) is 0 Å². The normalized spacial score (nSPS) is 10.4. The monoisotopic (exact) mass is 390 g/mol. The van der Waals surface area contributed by atoms with Gasteiger partial charge in [0, 0.05) is 35.6 Å². The summed E-state index contributed by atoms with van der Waals surface area (Å²) in [5.74, 6) is 0.900. The Morgan fingerprint density at radius 3 is 2.65 bits per heavy atom. The lowest BCUT2D eigenvalue weighted by Gasteiger charge is -2.13. The van der Waals surface area contributed by atoms with Crippen molar-refractivity contribution in [3.05, 3.63) is 58.8 Å². The van der Waals surface area contributed by atoms with Crippen LogP contribution >= 0.6 is 23.2 Å².